The highest BCUT2D eigenvalue weighted by atomic mass is 16.5. The number of benzene rings is 2. The van der Waals surface area contributed by atoms with E-state index >= 15 is 0 Å². The van der Waals surface area contributed by atoms with Gasteiger partial charge in [0.05, 0.1) is 7.11 Å². The molecule has 2 N–H and O–H groups in total. The minimum Gasteiger partial charge on any atom is -0.497 e. The number of hydrogen-bond donors (Lipinski definition) is 1. The van der Waals surface area contributed by atoms with Gasteiger partial charge in [-0.2, -0.15) is 0 Å². The van der Waals surface area contributed by atoms with Gasteiger partial charge in [0.25, 0.3) is 0 Å². The molecule has 2 aromatic rings. The Kier molecular flexibility index (Phi) is 3.98. The average molecular weight is 281 g/mol. The molecule has 1 unspecified atom stereocenters. The smallest absolute Gasteiger partial charge is 0.119 e. The molecule has 2 heteroatoms. The molecule has 2 aromatic carbocycles. The summed E-state index contributed by atoms with van der Waals surface area (Å²) in [6.45, 7) is 0. The molecular weight excluding hydrogens is 258 g/mol. The van der Waals surface area contributed by atoms with Gasteiger partial charge in [0.15, 0.2) is 0 Å². The Morgan fingerprint density at radius 1 is 1.10 bits per heavy atom. The van der Waals surface area contributed by atoms with E-state index in [2.05, 4.69) is 36.4 Å². The van der Waals surface area contributed by atoms with E-state index in [0.29, 0.717) is 0 Å². The van der Waals surface area contributed by atoms with Crippen LogP contribution in [0.15, 0.2) is 48.5 Å². The van der Waals surface area contributed by atoms with Crippen molar-refractivity contribution in [2.75, 3.05) is 7.11 Å². The Balaban J connectivity index is 1.95. The Labute approximate surface area is 126 Å². The predicted molar refractivity (Wildman–Crippen MR) is 86.6 cm³/mol. The minimum atomic E-state index is -0.264. The molecular formula is C19H23NO. The molecule has 0 saturated heterocycles. The lowest BCUT2D eigenvalue weighted by Crippen LogP contribution is -2.39. The van der Waals surface area contributed by atoms with Crippen LogP contribution in [0.1, 0.15) is 36.0 Å². The molecule has 0 heterocycles. The van der Waals surface area contributed by atoms with Crippen LogP contribution in [-0.2, 0) is 18.4 Å². The summed E-state index contributed by atoms with van der Waals surface area (Å²) in [5.74, 6) is 0.901. The van der Waals surface area contributed by atoms with Crippen molar-refractivity contribution in [1.29, 1.82) is 0 Å². The molecule has 1 aliphatic rings. The lowest BCUT2D eigenvalue weighted by atomic mass is 9.80. The number of nitrogens with two attached hydrogens (primary N) is 1. The molecule has 0 bridgehead atoms. The van der Waals surface area contributed by atoms with E-state index in [1.54, 1.807) is 7.11 Å². The second kappa shape index (κ2) is 5.90. The zero-order valence-electron chi connectivity index (χ0n) is 12.6. The molecule has 3 rings (SSSR count). The van der Waals surface area contributed by atoms with Crippen molar-refractivity contribution in [2.24, 2.45) is 5.73 Å². The first kappa shape index (κ1) is 14.2. The summed E-state index contributed by atoms with van der Waals surface area (Å²) in [5, 5.41) is 0. The molecule has 1 aliphatic carbocycles. The topological polar surface area (TPSA) is 35.2 Å². The van der Waals surface area contributed by atoms with Crippen molar-refractivity contribution in [2.45, 2.75) is 37.6 Å². The average Bonchev–Trinajstić information content (AvgIpc) is 2.67. The maximum absolute atomic E-state index is 6.85. The van der Waals surface area contributed by atoms with Gasteiger partial charge >= 0.3 is 0 Å². The van der Waals surface area contributed by atoms with Gasteiger partial charge in [-0.05, 0) is 54.5 Å². The number of hydrogen-bond acceptors (Lipinski definition) is 2. The first-order valence-corrected chi connectivity index (χ1v) is 7.71. The molecule has 1 atom stereocenters. The number of methoxy groups -OCH3 is 1. The van der Waals surface area contributed by atoms with Gasteiger partial charge in [0.1, 0.15) is 5.75 Å². The summed E-state index contributed by atoms with van der Waals surface area (Å²) in [4.78, 5) is 0. The van der Waals surface area contributed by atoms with E-state index in [4.69, 9.17) is 10.5 Å². The van der Waals surface area contributed by atoms with Gasteiger partial charge in [-0.25, -0.2) is 0 Å². The third-order valence-electron chi connectivity index (χ3n) is 4.53. The largest absolute Gasteiger partial charge is 0.497 e. The molecule has 0 amide bonds. The number of fused-ring (bicyclic) bond motifs is 1. The second-order valence-electron chi connectivity index (χ2n) is 6.05. The van der Waals surface area contributed by atoms with Crippen LogP contribution in [0, 0.1) is 0 Å². The molecule has 0 fully saturated rings. The van der Waals surface area contributed by atoms with Gasteiger partial charge in [0, 0.05) is 5.54 Å². The van der Waals surface area contributed by atoms with Crippen molar-refractivity contribution >= 4 is 0 Å². The van der Waals surface area contributed by atoms with Crippen LogP contribution in [0.5, 0.6) is 5.75 Å². The third kappa shape index (κ3) is 2.96. The van der Waals surface area contributed by atoms with Crippen molar-refractivity contribution in [3.8, 4) is 5.75 Å². The van der Waals surface area contributed by atoms with Crippen LogP contribution in [-0.4, -0.2) is 7.11 Å². The lowest BCUT2D eigenvalue weighted by molar-refractivity contribution is 0.394. The number of rotatable bonds is 3. The maximum Gasteiger partial charge on any atom is 0.119 e. The molecule has 21 heavy (non-hydrogen) atoms. The zero-order chi connectivity index (χ0) is 14.7. The Morgan fingerprint density at radius 2 is 1.95 bits per heavy atom. The van der Waals surface area contributed by atoms with Crippen LogP contribution < -0.4 is 10.5 Å². The van der Waals surface area contributed by atoms with Crippen molar-refractivity contribution in [1.82, 2.24) is 0 Å². The molecule has 0 aliphatic heterocycles. The van der Waals surface area contributed by atoms with E-state index in [1.165, 1.54) is 29.5 Å². The van der Waals surface area contributed by atoms with Gasteiger partial charge in [-0.1, -0.05) is 42.8 Å². The first-order chi connectivity index (χ1) is 10.2. The lowest BCUT2D eigenvalue weighted by Gasteiger charge is -2.30. The molecule has 0 spiro atoms. The summed E-state index contributed by atoms with van der Waals surface area (Å²) >= 11 is 0. The standard InChI is InChI=1S/C19H23NO/c1-21-17-10-6-7-15(13-17)14-19(20)12-5-4-9-16-8-2-3-11-18(16)19/h2-3,6-8,10-11,13H,4-5,9,12,14,20H2,1H3. The van der Waals surface area contributed by atoms with Gasteiger partial charge in [-0.15, -0.1) is 0 Å². The fourth-order valence-electron chi connectivity index (χ4n) is 3.44. The predicted octanol–water partition coefficient (Wildman–Crippen LogP) is 3.82. The van der Waals surface area contributed by atoms with E-state index in [9.17, 15) is 0 Å². The third-order valence-corrected chi connectivity index (χ3v) is 4.53. The van der Waals surface area contributed by atoms with Crippen LogP contribution in [0.3, 0.4) is 0 Å². The summed E-state index contributed by atoms with van der Waals surface area (Å²) in [7, 11) is 1.71. The van der Waals surface area contributed by atoms with Crippen molar-refractivity contribution in [3.63, 3.8) is 0 Å². The minimum absolute atomic E-state index is 0.264. The zero-order valence-corrected chi connectivity index (χ0v) is 12.6. The summed E-state index contributed by atoms with van der Waals surface area (Å²) in [6.07, 6.45) is 5.47. The Hall–Kier alpha value is -1.80. The number of ether oxygens (including phenoxy) is 1. The monoisotopic (exact) mass is 281 g/mol. The quantitative estimate of drug-likeness (QED) is 0.868. The SMILES string of the molecule is COc1cccc(CC2(N)CCCCc3ccccc32)c1. The molecule has 2 nitrogen and oxygen atoms in total. The van der Waals surface area contributed by atoms with E-state index in [0.717, 1.165) is 25.0 Å². The highest BCUT2D eigenvalue weighted by Gasteiger charge is 2.31. The second-order valence-corrected chi connectivity index (χ2v) is 6.05. The van der Waals surface area contributed by atoms with Gasteiger partial charge < -0.3 is 10.5 Å². The summed E-state index contributed by atoms with van der Waals surface area (Å²) < 4.78 is 5.33. The highest BCUT2D eigenvalue weighted by molar-refractivity contribution is 5.38. The summed E-state index contributed by atoms with van der Waals surface area (Å²) in [5.41, 5.74) is 10.6. The van der Waals surface area contributed by atoms with E-state index < -0.39 is 0 Å². The number of aryl methyl sites for hydroxylation is 1. The van der Waals surface area contributed by atoms with Gasteiger partial charge in [0.2, 0.25) is 0 Å². The molecule has 0 saturated carbocycles. The molecule has 0 aromatic heterocycles. The van der Waals surface area contributed by atoms with Crippen LogP contribution in [0.25, 0.3) is 0 Å². The van der Waals surface area contributed by atoms with E-state index in [-0.39, 0.29) is 5.54 Å². The van der Waals surface area contributed by atoms with Crippen molar-refractivity contribution < 1.29 is 4.74 Å². The fraction of sp³-hybridized carbons (Fsp3) is 0.368. The summed E-state index contributed by atoms with van der Waals surface area (Å²) in [6, 6.07) is 16.9. The first-order valence-electron chi connectivity index (χ1n) is 7.71. The van der Waals surface area contributed by atoms with Crippen molar-refractivity contribution in [3.05, 3.63) is 65.2 Å². The van der Waals surface area contributed by atoms with Gasteiger partial charge in [-0.3, -0.25) is 0 Å². The van der Waals surface area contributed by atoms with Crippen LogP contribution in [0.4, 0.5) is 0 Å². The van der Waals surface area contributed by atoms with E-state index in [1.807, 2.05) is 12.1 Å². The Morgan fingerprint density at radius 3 is 2.81 bits per heavy atom. The molecule has 110 valence electrons. The van der Waals surface area contributed by atoms with Crippen LogP contribution >= 0.6 is 0 Å². The highest BCUT2D eigenvalue weighted by Crippen LogP contribution is 2.35. The normalized spacial score (nSPS) is 21.4. The van der Waals surface area contributed by atoms with Crippen LogP contribution in [0.2, 0.25) is 0 Å². The maximum atomic E-state index is 6.85. The molecule has 0 radical (unpaired) electrons. The Bertz CT molecular complexity index is 622. The fourth-order valence-corrected chi connectivity index (χ4v) is 3.44.